The maximum absolute atomic E-state index is 14.2. The Kier molecular flexibility index (Phi) is 10.5. The molecule has 0 saturated heterocycles. The predicted molar refractivity (Wildman–Crippen MR) is 168 cm³/mol. The zero-order valence-corrected chi connectivity index (χ0v) is 27.5. The van der Waals surface area contributed by atoms with E-state index in [2.05, 4.69) is 20.9 Å². The third-order valence-corrected chi connectivity index (χ3v) is 9.66. The number of imidazole rings is 1. The van der Waals surface area contributed by atoms with Crippen LogP contribution in [-0.4, -0.2) is 72.6 Å². The Morgan fingerprint density at radius 2 is 1.75 bits per heavy atom. The highest BCUT2D eigenvalue weighted by Gasteiger charge is 2.44. The highest BCUT2D eigenvalue weighted by Crippen LogP contribution is 2.44. The molecule has 1 saturated carbocycles. The van der Waals surface area contributed by atoms with Crippen molar-refractivity contribution in [3.63, 3.8) is 0 Å². The molecule has 3 heterocycles. The standard InChI is InChI=1S/C31H33BrN4O5.C2HF3O2/c1-34-15-20(33-18-34)17-41-27-11-10-25(32)24-12-13-36(30(38)22-8-4-5-9-23(22)31(39)40)26(28(24)27)16-35-14-19-6-2-3-7-21(19)29(35)37;3-2(4,5)1(6)7/h2-3,6-7,10-11,15,18,22-23,26H,4-5,8-9,12-14,16-17H2,1H3,(H,39,40);(H,6,7)/t22-,23+,26-;/m1./s1. The second-order valence-corrected chi connectivity index (χ2v) is 12.9. The number of amides is 2. The van der Waals surface area contributed by atoms with E-state index >= 15 is 0 Å². The van der Waals surface area contributed by atoms with Gasteiger partial charge in [0.05, 0.1) is 29.9 Å². The highest BCUT2D eigenvalue weighted by molar-refractivity contribution is 9.10. The summed E-state index contributed by atoms with van der Waals surface area (Å²) in [4.78, 5) is 56.7. The quantitative estimate of drug-likeness (QED) is 0.330. The topological polar surface area (TPSA) is 142 Å². The van der Waals surface area contributed by atoms with Gasteiger partial charge in [0.2, 0.25) is 5.91 Å². The highest BCUT2D eigenvalue weighted by atomic mass is 79.9. The molecule has 1 aromatic heterocycles. The first-order chi connectivity index (χ1) is 22.8. The van der Waals surface area contributed by atoms with Crippen molar-refractivity contribution in [2.45, 2.75) is 57.5 Å². The van der Waals surface area contributed by atoms with Crippen LogP contribution in [0.15, 0.2) is 53.4 Å². The van der Waals surface area contributed by atoms with Crippen molar-refractivity contribution >= 4 is 39.7 Å². The summed E-state index contributed by atoms with van der Waals surface area (Å²) < 4.78 is 40.9. The molecular weight excluding hydrogens is 701 g/mol. The van der Waals surface area contributed by atoms with Crippen molar-refractivity contribution in [2.75, 3.05) is 13.1 Å². The van der Waals surface area contributed by atoms with Crippen LogP contribution in [0.2, 0.25) is 0 Å². The number of hydrogen-bond donors (Lipinski definition) is 2. The first-order valence-electron chi connectivity index (χ1n) is 15.4. The molecule has 2 N–H and O–H groups in total. The molecule has 0 radical (unpaired) electrons. The number of nitrogens with zero attached hydrogens (tertiary/aromatic N) is 4. The minimum absolute atomic E-state index is 0.0628. The van der Waals surface area contributed by atoms with Crippen molar-refractivity contribution in [1.82, 2.24) is 19.4 Å². The summed E-state index contributed by atoms with van der Waals surface area (Å²) in [6, 6.07) is 11.0. The van der Waals surface area contributed by atoms with E-state index in [1.54, 1.807) is 11.2 Å². The average Bonchev–Trinajstić information content (AvgIpc) is 3.62. The fraction of sp³-hybridized carbons (Fsp3) is 0.424. The van der Waals surface area contributed by atoms with E-state index in [-0.39, 0.29) is 25.0 Å². The molecule has 48 heavy (non-hydrogen) atoms. The summed E-state index contributed by atoms with van der Waals surface area (Å²) in [5, 5.41) is 17.1. The maximum atomic E-state index is 14.2. The lowest BCUT2D eigenvalue weighted by atomic mass is 9.77. The Morgan fingerprint density at radius 3 is 2.38 bits per heavy atom. The van der Waals surface area contributed by atoms with Gasteiger partial charge in [-0.25, -0.2) is 9.78 Å². The summed E-state index contributed by atoms with van der Waals surface area (Å²) in [5.74, 6) is -4.52. The second-order valence-electron chi connectivity index (χ2n) is 12.0. The number of halogens is 4. The maximum Gasteiger partial charge on any atom is 0.490 e. The van der Waals surface area contributed by atoms with Crippen LogP contribution in [0.25, 0.3) is 0 Å². The van der Waals surface area contributed by atoms with E-state index in [0.717, 1.165) is 39.7 Å². The van der Waals surface area contributed by atoms with Crippen LogP contribution in [0.4, 0.5) is 13.2 Å². The van der Waals surface area contributed by atoms with Crippen LogP contribution in [0.1, 0.15) is 64.5 Å². The van der Waals surface area contributed by atoms with E-state index in [9.17, 15) is 32.7 Å². The monoisotopic (exact) mass is 734 g/mol. The lowest BCUT2D eigenvalue weighted by Crippen LogP contribution is -2.50. The van der Waals surface area contributed by atoms with Gasteiger partial charge in [-0.05, 0) is 48.6 Å². The Balaban J connectivity index is 0.000000582. The summed E-state index contributed by atoms with van der Waals surface area (Å²) in [6.07, 6.45) is 1.83. The molecule has 3 atom stereocenters. The Hall–Kier alpha value is -4.40. The van der Waals surface area contributed by atoms with Gasteiger partial charge in [0, 0.05) is 48.5 Å². The van der Waals surface area contributed by atoms with Crippen molar-refractivity contribution in [3.05, 3.63) is 81.3 Å². The first-order valence-corrected chi connectivity index (χ1v) is 16.2. The number of carbonyl (C=O) groups excluding carboxylic acids is 2. The first kappa shape index (κ1) is 34.9. The lowest BCUT2D eigenvalue weighted by Gasteiger charge is -2.43. The van der Waals surface area contributed by atoms with Gasteiger partial charge in [0.25, 0.3) is 5.91 Å². The minimum Gasteiger partial charge on any atom is -0.487 e. The molecule has 256 valence electrons. The number of aryl methyl sites for hydroxylation is 1. The number of carboxylic acids is 2. The molecule has 0 bridgehead atoms. The van der Waals surface area contributed by atoms with E-state index in [0.29, 0.717) is 43.7 Å². The van der Waals surface area contributed by atoms with Gasteiger partial charge in [-0.3, -0.25) is 14.4 Å². The molecule has 6 rings (SSSR count). The van der Waals surface area contributed by atoms with E-state index in [1.807, 2.05) is 59.1 Å². The van der Waals surface area contributed by atoms with Crippen LogP contribution >= 0.6 is 15.9 Å². The molecule has 3 aliphatic rings. The van der Waals surface area contributed by atoms with Gasteiger partial charge in [0.1, 0.15) is 12.4 Å². The number of benzene rings is 2. The largest absolute Gasteiger partial charge is 0.490 e. The molecule has 0 spiro atoms. The van der Waals surface area contributed by atoms with E-state index in [1.165, 1.54) is 0 Å². The number of carbonyl (C=O) groups is 4. The summed E-state index contributed by atoms with van der Waals surface area (Å²) >= 11 is 3.72. The van der Waals surface area contributed by atoms with Crippen LogP contribution in [0.5, 0.6) is 5.75 Å². The van der Waals surface area contributed by atoms with Crippen molar-refractivity contribution in [1.29, 1.82) is 0 Å². The van der Waals surface area contributed by atoms with E-state index < -0.39 is 36.0 Å². The number of aromatic nitrogens is 2. The Labute approximate surface area is 282 Å². The molecule has 2 aromatic carbocycles. The lowest BCUT2D eigenvalue weighted by molar-refractivity contribution is -0.192. The number of ether oxygens (including phenoxy) is 1. The van der Waals surface area contributed by atoms with Gasteiger partial charge in [-0.15, -0.1) is 0 Å². The number of aliphatic carboxylic acids is 2. The minimum atomic E-state index is -5.08. The predicted octanol–water partition coefficient (Wildman–Crippen LogP) is 5.37. The fourth-order valence-corrected chi connectivity index (χ4v) is 7.20. The number of alkyl halides is 3. The van der Waals surface area contributed by atoms with Crippen molar-refractivity contribution in [3.8, 4) is 5.75 Å². The molecule has 1 fully saturated rings. The SMILES string of the molecule is Cn1cnc(COc2ccc(Br)c3c2[C@@H](CN2Cc4ccccc4C2=O)N(C(=O)[C@@H]2CCCC[C@@H]2C(=O)O)CC3)c1.O=C(O)C(F)(F)F. The zero-order valence-electron chi connectivity index (χ0n) is 26.0. The van der Waals surface area contributed by atoms with Crippen molar-refractivity contribution in [2.24, 2.45) is 18.9 Å². The van der Waals surface area contributed by atoms with Gasteiger partial charge >= 0.3 is 18.1 Å². The molecule has 11 nitrogen and oxygen atoms in total. The van der Waals surface area contributed by atoms with Crippen LogP contribution in [-0.2, 0) is 41.0 Å². The van der Waals surface area contributed by atoms with Crippen LogP contribution in [0.3, 0.4) is 0 Å². The number of rotatable bonds is 7. The summed E-state index contributed by atoms with van der Waals surface area (Å²) in [6.45, 7) is 1.44. The van der Waals surface area contributed by atoms with Gasteiger partial charge < -0.3 is 29.3 Å². The zero-order chi connectivity index (χ0) is 34.7. The molecule has 2 aliphatic heterocycles. The van der Waals surface area contributed by atoms with Crippen LogP contribution in [0, 0.1) is 11.8 Å². The second kappa shape index (κ2) is 14.4. The van der Waals surface area contributed by atoms with Crippen molar-refractivity contribution < 1.29 is 47.3 Å². The average molecular weight is 736 g/mol. The van der Waals surface area contributed by atoms with E-state index in [4.69, 9.17) is 14.6 Å². The van der Waals surface area contributed by atoms with Gasteiger partial charge in [-0.1, -0.05) is 47.0 Å². The normalized spacial score (nSPS) is 20.4. The van der Waals surface area contributed by atoms with Crippen LogP contribution < -0.4 is 4.74 Å². The smallest absolute Gasteiger partial charge is 0.487 e. The Morgan fingerprint density at radius 1 is 1.06 bits per heavy atom. The fourth-order valence-electron chi connectivity index (χ4n) is 6.66. The third kappa shape index (κ3) is 7.50. The Bertz CT molecular complexity index is 1710. The number of fused-ring (bicyclic) bond motifs is 2. The molecular formula is C33H34BrF3N4O7. The third-order valence-electron chi connectivity index (χ3n) is 8.92. The summed E-state index contributed by atoms with van der Waals surface area (Å²) in [7, 11) is 1.90. The molecule has 3 aromatic rings. The van der Waals surface area contributed by atoms with Gasteiger partial charge in [-0.2, -0.15) is 13.2 Å². The molecule has 2 amide bonds. The molecule has 15 heteroatoms. The summed E-state index contributed by atoms with van der Waals surface area (Å²) in [5.41, 5.74) is 4.33. The number of carboxylic acid groups (broad SMARTS) is 2. The number of hydrogen-bond acceptors (Lipinski definition) is 6. The molecule has 0 unspecified atom stereocenters. The van der Waals surface area contributed by atoms with Gasteiger partial charge in [0.15, 0.2) is 0 Å². The molecule has 1 aliphatic carbocycles.